The van der Waals surface area contributed by atoms with E-state index in [0.717, 1.165) is 5.56 Å². The Morgan fingerprint density at radius 3 is 2.80 bits per heavy atom. The molecule has 1 aromatic carbocycles. The van der Waals surface area contributed by atoms with Gasteiger partial charge in [0, 0.05) is 6.04 Å². The number of nitrogens with one attached hydrogen (secondary N) is 1. The first-order chi connectivity index (χ1) is 9.61. The molecule has 0 saturated heterocycles. The highest BCUT2D eigenvalue weighted by atomic mass is 32.1. The second-order valence-corrected chi connectivity index (χ2v) is 5.02. The summed E-state index contributed by atoms with van der Waals surface area (Å²) in [5, 5.41) is 3.85. The van der Waals surface area contributed by atoms with Crippen molar-refractivity contribution in [3.63, 3.8) is 0 Å². The molecule has 1 aromatic heterocycles. The van der Waals surface area contributed by atoms with Gasteiger partial charge >= 0.3 is 5.97 Å². The van der Waals surface area contributed by atoms with Crippen molar-refractivity contribution >= 4 is 22.3 Å². The van der Waals surface area contributed by atoms with Crippen molar-refractivity contribution in [1.82, 2.24) is 4.98 Å². The lowest BCUT2D eigenvalue weighted by Gasteiger charge is -2.14. The summed E-state index contributed by atoms with van der Waals surface area (Å²) >= 11 is 1.33. The Hall–Kier alpha value is -1.95. The largest absolute Gasteiger partial charge is 0.461 e. The smallest absolute Gasteiger partial charge is 0.360 e. The van der Waals surface area contributed by atoms with Crippen LogP contribution < -0.4 is 5.32 Å². The summed E-state index contributed by atoms with van der Waals surface area (Å²) in [4.78, 5) is 15.7. The average molecular weight is 294 g/mol. The zero-order valence-corrected chi connectivity index (χ0v) is 12.0. The van der Waals surface area contributed by atoms with Gasteiger partial charge in [-0.15, -0.1) is 11.3 Å². The summed E-state index contributed by atoms with van der Waals surface area (Å²) in [6.07, 6.45) is 0. The lowest BCUT2D eigenvalue weighted by molar-refractivity contribution is 0.0521. The van der Waals surface area contributed by atoms with Gasteiger partial charge in [-0.05, 0) is 31.5 Å². The molecular formula is C14H15FN2O2S. The summed E-state index contributed by atoms with van der Waals surface area (Å²) in [6.45, 7) is 3.99. The lowest BCUT2D eigenvalue weighted by atomic mass is 10.1. The summed E-state index contributed by atoms with van der Waals surface area (Å²) < 4.78 is 17.8. The number of halogens is 1. The molecule has 1 unspecified atom stereocenters. The second kappa shape index (κ2) is 6.47. The number of esters is 1. The molecule has 0 saturated carbocycles. The summed E-state index contributed by atoms with van der Waals surface area (Å²) in [5.74, 6) is -0.714. The highest BCUT2D eigenvalue weighted by molar-refractivity contribution is 7.14. The number of hydrogen-bond acceptors (Lipinski definition) is 5. The second-order valence-electron chi connectivity index (χ2n) is 4.17. The quantitative estimate of drug-likeness (QED) is 0.856. The van der Waals surface area contributed by atoms with Crippen LogP contribution in [0.5, 0.6) is 0 Å². The van der Waals surface area contributed by atoms with Crippen LogP contribution in [0.25, 0.3) is 0 Å². The van der Waals surface area contributed by atoms with Gasteiger partial charge < -0.3 is 10.1 Å². The Morgan fingerprint density at radius 1 is 1.45 bits per heavy atom. The molecule has 6 heteroatoms. The first-order valence-electron chi connectivity index (χ1n) is 6.24. The standard InChI is InChI=1S/C14H15FN2O2S/c1-3-19-14(18)12-13(20-8-16-12)17-9(2)10-4-6-11(15)7-5-10/h4-9,17H,3H2,1-2H3. The fraction of sp³-hybridized carbons (Fsp3) is 0.286. The molecule has 0 fully saturated rings. The van der Waals surface area contributed by atoms with E-state index in [1.165, 1.54) is 23.5 Å². The van der Waals surface area contributed by atoms with Crippen molar-refractivity contribution in [2.24, 2.45) is 0 Å². The molecular weight excluding hydrogens is 279 g/mol. The average Bonchev–Trinajstić information content (AvgIpc) is 2.88. The molecule has 20 heavy (non-hydrogen) atoms. The maximum absolute atomic E-state index is 12.9. The molecule has 2 aromatic rings. The third kappa shape index (κ3) is 3.33. The fourth-order valence-electron chi connectivity index (χ4n) is 1.72. The molecule has 1 N–H and O–H groups in total. The van der Waals surface area contributed by atoms with E-state index in [9.17, 15) is 9.18 Å². The number of rotatable bonds is 5. The minimum atomic E-state index is -0.442. The van der Waals surface area contributed by atoms with Gasteiger partial charge in [0.25, 0.3) is 0 Å². The summed E-state index contributed by atoms with van der Waals surface area (Å²) in [5.41, 5.74) is 2.80. The first-order valence-corrected chi connectivity index (χ1v) is 7.12. The molecule has 0 spiro atoms. The van der Waals surface area contributed by atoms with Crippen molar-refractivity contribution in [2.45, 2.75) is 19.9 Å². The van der Waals surface area contributed by atoms with Gasteiger partial charge in [-0.25, -0.2) is 14.2 Å². The van der Waals surface area contributed by atoms with E-state index in [2.05, 4.69) is 10.3 Å². The summed E-state index contributed by atoms with van der Waals surface area (Å²) in [7, 11) is 0. The molecule has 0 bridgehead atoms. The van der Waals surface area contributed by atoms with Crippen LogP contribution in [-0.2, 0) is 4.74 Å². The molecule has 0 radical (unpaired) electrons. The van der Waals surface area contributed by atoms with Crippen LogP contribution in [0.2, 0.25) is 0 Å². The van der Waals surface area contributed by atoms with Gasteiger partial charge in [-0.1, -0.05) is 12.1 Å². The zero-order valence-electron chi connectivity index (χ0n) is 11.2. The van der Waals surface area contributed by atoms with Crippen LogP contribution in [0.4, 0.5) is 9.39 Å². The van der Waals surface area contributed by atoms with Crippen LogP contribution in [0.3, 0.4) is 0 Å². The minimum Gasteiger partial charge on any atom is -0.461 e. The van der Waals surface area contributed by atoms with Gasteiger partial charge in [0.05, 0.1) is 12.1 Å². The van der Waals surface area contributed by atoms with E-state index in [1.807, 2.05) is 6.92 Å². The molecule has 106 valence electrons. The van der Waals surface area contributed by atoms with Crippen LogP contribution in [0, 0.1) is 5.82 Å². The number of nitrogens with zero attached hydrogens (tertiary/aromatic N) is 1. The maximum Gasteiger partial charge on any atom is 0.360 e. The van der Waals surface area contributed by atoms with Crippen LogP contribution in [0.1, 0.15) is 35.9 Å². The zero-order chi connectivity index (χ0) is 14.5. The Balaban J connectivity index is 2.12. The first kappa shape index (κ1) is 14.5. The summed E-state index contributed by atoms with van der Waals surface area (Å²) in [6, 6.07) is 6.17. The van der Waals surface area contributed by atoms with Crippen molar-refractivity contribution in [2.75, 3.05) is 11.9 Å². The van der Waals surface area contributed by atoms with Gasteiger partial charge in [-0.2, -0.15) is 0 Å². The van der Waals surface area contributed by atoms with Crippen LogP contribution >= 0.6 is 11.3 Å². The molecule has 1 heterocycles. The van der Waals surface area contributed by atoms with E-state index in [0.29, 0.717) is 11.6 Å². The van der Waals surface area contributed by atoms with Crippen LogP contribution in [-0.4, -0.2) is 17.6 Å². The lowest BCUT2D eigenvalue weighted by Crippen LogP contribution is -2.11. The number of carbonyl (C=O) groups is 1. The molecule has 4 nitrogen and oxygen atoms in total. The highest BCUT2D eigenvalue weighted by Crippen LogP contribution is 2.26. The number of anilines is 1. The van der Waals surface area contributed by atoms with E-state index >= 15 is 0 Å². The van der Waals surface area contributed by atoms with E-state index in [1.54, 1.807) is 24.6 Å². The van der Waals surface area contributed by atoms with Gasteiger partial charge in [-0.3, -0.25) is 0 Å². The van der Waals surface area contributed by atoms with E-state index < -0.39 is 5.97 Å². The number of thiazole rings is 1. The van der Waals surface area contributed by atoms with Gasteiger partial charge in [0.1, 0.15) is 10.8 Å². The normalized spacial score (nSPS) is 11.9. The van der Waals surface area contributed by atoms with Crippen molar-refractivity contribution in [1.29, 1.82) is 0 Å². The molecule has 2 rings (SSSR count). The molecule has 0 aliphatic heterocycles. The fourth-order valence-corrected chi connectivity index (χ4v) is 2.48. The van der Waals surface area contributed by atoms with Crippen LogP contribution in [0.15, 0.2) is 29.8 Å². The topological polar surface area (TPSA) is 51.2 Å². The Morgan fingerprint density at radius 2 is 2.15 bits per heavy atom. The Kier molecular flexibility index (Phi) is 4.68. The Bertz CT molecular complexity index is 583. The number of ether oxygens (including phenoxy) is 1. The molecule has 1 atom stereocenters. The van der Waals surface area contributed by atoms with E-state index in [4.69, 9.17) is 4.74 Å². The molecule has 0 aliphatic rings. The third-order valence-electron chi connectivity index (χ3n) is 2.75. The molecule has 0 amide bonds. The van der Waals surface area contributed by atoms with Crippen molar-refractivity contribution in [3.8, 4) is 0 Å². The van der Waals surface area contributed by atoms with E-state index in [-0.39, 0.29) is 17.6 Å². The molecule has 0 aliphatic carbocycles. The predicted molar refractivity (Wildman–Crippen MR) is 76.5 cm³/mol. The Labute approximate surface area is 120 Å². The maximum atomic E-state index is 12.9. The predicted octanol–water partition coefficient (Wildman–Crippen LogP) is 3.63. The number of aromatic nitrogens is 1. The highest BCUT2D eigenvalue weighted by Gasteiger charge is 2.18. The van der Waals surface area contributed by atoms with Gasteiger partial charge in [0.15, 0.2) is 5.69 Å². The van der Waals surface area contributed by atoms with Gasteiger partial charge in [0.2, 0.25) is 0 Å². The minimum absolute atomic E-state index is 0.0655. The SMILES string of the molecule is CCOC(=O)c1ncsc1NC(C)c1ccc(F)cc1. The number of benzene rings is 1. The monoisotopic (exact) mass is 294 g/mol. The number of hydrogen-bond donors (Lipinski definition) is 1. The van der Waals surface area contributed by atoms with Crippen molar-refractivity contribution < 1.29 is 13.9 Å². The third-order valence-corrected chi connectivity index (χ3v) is 3.51. The number of carbonyl (C=O) groups excluding carboxylic acids is 1. The van der Waals surface area contributed by atoms with Crippen molar-refractivity contribution in [3.05, 3.63) is 46.9 Å².